The summed E-state index contributed by atoms with van der Waals surface area (Å²) < 4.78 is 2.17. The van der Waals surface area contributed by atoms with E-state index in [0.29, 0.717) is 17.8 Å². The molecule has 6 nitrogen and oxygen atoms in total. The Bertz CT molecular complexity index is 2320. The normalized spacial score (nSPS) is 21.1. The average Bonchev–Trinajstić information content (AvgIpc) is 3.47. The van der Waals surface area contributed by atoms with E-state index in [9.17, 15) is 0 Å². The summed E-state index contributed by atoms with van der Waals surface area (Å²) in [7, 11) is 0. The van der Waals surface area contributed by atoms with E-state index in [4.69, 9.17) is 20.0 Å². The monoisotopic (exact) mass is 622 g/mol. The highest BCUT2D eigenvalue weighted by Crippen LogP contribution is 2.43. The summed E-state index contributed by atoms with van der Waals surface area (Å²) in [6.07, 6.45) is 16.1. The maximum absolute atomic E-state index is 5.51. The Labute approximate surface area is 279 Å². The lowest BCUT2D eigenvalue weighted by Gasteiger charge is -2.38. The molecule has 6 aromatic rings. The van der Waals surface area contributed by atoms with Crippen molar-refractivity contribution in [3.05, 3.63) is 157 Å². The molecule has 9 rings (SSSR count). The van der Waals surface area contributed by atoms with Crippen LogP contribution in [-0.2, 0) is 0 Å². The Morgan fingerprint density at radius 2 is 1.54 bits per heavy atom. The molecule has 0 fully saturated rings. The molecule has 2 aromatic heterocycles. The van der Waals surface area contributed by atoms with E-state index in [2.05, 4.69) is 127 Å². The molecule has 48 heavy (non-hydrogen) atoms. The fraction of sp³-hybridized carbons (Fsp3) is 0.143. The van der Waals surface area contributed by atoms with Gasteiger partial charge in [-0.25, -0.2) is 15.0 Å². The van der Waals surface area contributed by atoms with Crippen LogP contribution >= 0.6 is 0 Å². The second-order valence-electron chi connectivity index (χ2n) is 13.0. The molecule has 3 atom stereocenters. The van der Waals surface area contributed by atoms with Gasteiger partial charge in [0.05, 0.1) is 22.9 Å². The van der Waals surface area contributed by atoms with E-state index in [0.717, 1.165) is 45.8 Å². The Morgan fingerprint density at radius 3 is 2.33 bits per heavy atom. The first-order valence-electron chi connectivity index (χ1n) is 16.6. The fourth-order valence-electron chi connectivity index (χ4n) is 7.51. The van der Waals surface area contributed by atoms with Crippen molar-refractivity contribution in [2.75, 3.05) is 4.90 Å². The summed E-state index contributed by atoms with van der Waals surface area (Å²) in [5.41, 5.74) is 6.80. The molecule has 1 aliphatic heterocycles. The Balaban J connectivity index is 1.31. The predicted octanol–water partition coefficient (Wildman–Crippen LogP) is 9.78. The number of anilines is 3. The van der Waals surface area contributed by atoms with Crippen LogP contribution < -0.4 is 4.90 Å². The summed E-state index contributed by atoms with van der Waals surface area (Å²) in [4.78, 5) is 23.4. The van der Waals surface area contributed by atoms with Gasteiger partial charge in [0.2, 0.25) is 11.9 Å². The van der Waals surface area contributed by atoms with Crippen molar-refractivity contribution in [1.29, 1.82) is 0 Å². The van der Waals surface area contributed by atoms with Crippen molar-refractivity contribution < 1.29 is 0 Å². The van der Waals surface area contributed by atoms with Gasteiger partial charge >= 0.3 is 0 Å². The Hall–Kier alpha value is -5.88. The molecule has 0 saturated carbocycles. The zero-order valence-electron chi connectivity index (χ0n) is 26.9. The topological polar surface area (TPSA) is 58.7 Å². The molecule has 6 heteroatoms. The van der Waals surface area contributed by atoms with Crippen LogP contribution in [0.5, 0.6) is 0 Å². The third kappa shape index (κ3) is 4.40. The van der Waals surface area contributed by atoms with E-state index in [-0.39, 0.29) is 6.04 Å². The number of hydrogen-bond acceptors (Lipinski definition) is 5. The van der Waals surface area contributed by atoms with Crippen LogP contribution in [0.3, 0.4) is 0 Å². The van der Waals surface area contributed by atoms with Crippen molar-refractivity contribution >= 4 is 56.9 Å². The fourth-order valence-corrected chi connectivity index (χ4v) is 7.51. The van der Waals surface area contributed by atoms with E-state index in [1.165, 1.54) is 16.3 Å². The van der Waals surface area contributed by atoms with Crippen molar-refractivity contribution in [2.24, 2.45) is 15.4 Å². The van der Waals surface area contributed by atoms with Gasteiger partial charge in [-0.05, 0) is 65.9 Å². The number of benzene rings is 4. The van der Waals surface area contributed by atoms with Crippen LogP contribution in [-0.4, -0.2) is 32.2 Å². The number of aromatic nitrogens is 3. The molecular formula is C42H34N6. The largest absolute Gasteiger partial charge is 0.279 e. The van der Waals surface area contributed by atoms with Crippen molar-refractivity contribution in [3.8, 4) is 0 Å². The summed E-state index contributed by atoms with van der Waals surface area (Å²) in [5.74, 6) is 1.53. The smallest absolute Gasteiger partial charge is 0.236 e. The van der Waals surface area contributed by atoms with Crippen LogP contribution in [0.4, 0.5) is 17.3 Å². The van der Waals surface area contributed by atoms with E-state index in [1.54, 1.807) is 0 Å². The van der Waals surface area contributed by atoms with Gasteiger partial charge in [0.25, 0.3) is 0 Å². The minimum Gasteiger partial charge on any atom is -0.279 e. The van der Waals surface area contributed by atoms with Crippen molar-refractivity contribution in [2.45, 2.75) is 32.2 Å². The zero-order valence-corrected chi connectivity index (χ0v) is 26.9. The number of rotatable bonds is 4. The summed E-state index contributed by atoms with van der Waals surface area (Å²) in [5, 5.41) is 3.41. The summed E-state index contributed by atoms with van der Waals surface area (Å²) in [6.45, 7) is 4.53. The molecule has 0 saturated heterocycles. The van der Waals surface area contributed by atoms with Gasteiger partial charge in [0, 0.05) is 28.5 Å². The third-order valence-corrected chi connectivity index (χ3v) is 9.94. The van der Waals surface area contributed by atoms with Crippen molar-refractivity contribution in [1.82, 2.24) is 14.5 Å². The van der Waals surface area contributed by atoms with E-state index < -0.39 is 5.41 Å². The minimum absolute atomic E-state index is 0.131. The quantitative estimate of drug-likeness (QED) is 0.197. The molecule has 3 aliphatic rings. The molecule has 232 valence electrons. The van der Waals surface area contributed by atoms with E-state index in [1.807, 2.05) is 42.6 Å². The molecule has 3 heterocycles. The number of aliphatic imine (C=N–C) groups is 2. The molecule has 0 bridgehead atoms. The predicted molar refractivity (Wildman–Crippen MR) is 198 cm³/mol. The molecule has 0 N–H and O–H groups in total. The molecule has 0 amide bonds. The molecule has 3 unspecified atom stereocenters. The third-order valence-electron chi connectivity index (χ3n) is 9.94. The van der Waals surface area contributed by atoms with Crippen LogP contribution in [0.15, 0.2) is 150 Å². The van der Waals surface area contributed by atoms with Gasteiger partial charge in [-0.15, -0.1) is 0 Å². The lowest BCUT2D eigenvalue weighted by molar-refractivity contribution is 0.511. The highest BCUT2D eigenvalue weighted by molar-refractivity contribution is 6.20. The summed E-state index contributed by atoms with van der Waals surface area (Å²) >= 11 is 0. The highest BCUT2D eigenvalue weighted by atomic mass is 15.3. The SMILES string of the molecule is CC1CC=Cc2c1c1cnc(N(c3ccccc3)c3ccccc3)nc1n2C1=NC2C=CC=CC2(C)C(c2cccc3ccccc23)=N1. The Morgan fingerprint density at radius 1 is 0.812 bits per heavy atom. The first-order valence-corrected chi connectivity index (χ1v) is 16.6. The van der Waals surface area contributed by atoms with Gasteiger partial charge in [-0.3, -0.25) is 9.47 Å². The standard InChI is InChI=1S/C42H34N6/c1-28-15-13-24-35-37(28)34-27-43-40(47(30-18-5-3-6-19-30)31-20-7-4-8-21-31)46-39(34)48(35)41-44-36-25-11-12-26-42(36,2)38(45-41)33-23-14-17-29-16-9-10-22-32(29)33/h3-14,16-28,36H,15H2,1-2H3. The van der Waals surface area contributed by atoms with Crippen molar-refractivity contribution in [3.63, 3.8) is 0 Å². The Kier molecular flexibility index (Phi) is 6.57. The minimum atomic E-state index is -0.411. The van der Waals surface area contributed by atoms with Gasteiger partial charge in [0.1, 0.15) is 0 Å². The van der Waals surface area contributed by atoms with Gasteiger partial charge in [0.15, 0.2) is 5.65 Å². The molecule has 2 aliphatic carbocycles. The molecule has 4 aromatic carbocycles. The van der Waals surface area contributed by atoms with Crippen LogP contribution in [0.1, 0.15) is 43.0 Å². The van der Waals surface area contributed by atoms with E-state index >= 15 is 0 Å². The molecule has 0 spiro atoms. The van der Waals surface area contributed by atoms with Gasteiger partial charge in [-0.2, -0.15) is 4.98 Å². The number of fused-ring (bicyclic) bond motifs is 5. The number of para-hydroxylation sites is 2. The zero-order chi connectivity index (χ0) is 32.2. The molecule has 0 radical (unpaired) electrons. The average molecular weight is 623 g/mol. The number of hydrogen-bond donors (Lipinski definition) is 0. The number of allylic oxidation sites excluding steroid dienone is 3. The lowest BCUT2D eigenvalue weighted by Crippen LogP contribution is -2.43. The second kappa shape index (κ2) is 11.1. The van der Waals surface area contributed by atoms with Gasteiger partial charge in [-0.1, -0.05) is 116 Å². The van der Waals surface area contributed by atoms with Crippen LogP contribution in [0.2, 0.25) is 0 Å². The summed E-state index contributed by atoms with van der Waals surface area (Å²) in [6, 6.07) is 35.5. The van der Waals surface area contributed by atoms with Gasteiger partial charge < -0.3 is 0 Å². The maximum atomic E-state index is 5.51. The second-order valence-corrected chi connectivity index (χ2v) is 13.0. The molecular weight excluding hydrogens is 589 g/mol. The first kappa shape index (κ1) is 28.4. The number of nitrogens with zero attached hydrogens (tertiary/aromatic N) is 6. The van der Waals surface area contributed by atoms with Crippen LogP contribution in [0, 0.1) is 5.41 Å². The highest BCUT2D eigenvalue weighted by Gasteiger charge is 2.42. The van der Waals surface area contributed by atoms with Crippen LogP contribution in [0.25, 0.3) is 27.9 Å². The maximum Gasteiger partial charge on any atom is 0.236 e. The first-order chi connectivity index (χ1) is 23.6. The lowest BCUT2D eigenvalue weighted by atomic mass is 9.72.